The summed E-state index contributed by atoms with van der Waals surface area (Å²) in [7, 11) is 0. The number of alkyl halides is 3. The van der Waals surface area contributed by atoms with E-state index < -0.39 is 18.5 Å². The third-order valence-corrected chi connectivity index (χ3v) is 6.52. The van der Waals surface area contributed by atoms with Gasteiger partial charge in [0.05, 0.1) is 5.69 Å². The number of benzene rings is 1. The van der Waals surface area contributed by atoms with Crippen LogP contribution in [-0.2, 0) is 10.2 Å². The lowest BCUT2D eigenvalue weighted by Crippen LogP contribution is -2.35. The molecule has 1 aliphatic heterocycles. The van der Waals surface area contributed by atoms with Gasteiger partial charge in [0.2, 0.25) is 5.91 Å². The summed E-state index contributed by atoms with van der Waals surface area (Å²) in [5.41, 5.74) is 3.84. The highest BCUT2D eigenvalue weighted by Crippen LogP contribution is 2.47. The van der Waals surface area contributed by atoms with E-state index in [0.29, 0.717) is 29.5 Å². The minimum Gasteiger partial charge on any atom is -0.384 e. The Balaban J connectivity index is 1.37. The van der Waals surface area contributed by atoms with Gasteiger partial charge < -0.3 is 16.0 Å². The molecule has 1 fully saturated rings. The summed E-state index contributed by atoms with van der Waals surface area (Å²) in [6, 6.07) is 10.2. The number of halogens is 3. The summed E-state index contributed by atoms with van der Waals surface area (Å²) in [6.45, 7) is 3.38. The minimum atomic E-state index is -4.54. The van der Waals surface area contributed by atoms with Crippen LogP contribution in [0.2, 0.25) is 0 Å². The Morgan fingerprint density at radius 2 is 1.97 bits per heavy atom. The zero-order chi connectivity index (χ0) is 22.1. The van der Waals surface area contributed by atoms with Crippen LogP contribution in [0.5, 0.6) is 0 Å². The molecule has 31 heavy (non-hydrogen) atoms. The van der Waals surface area contributed by atoms with Gasteiger partial charge in [0.1, 0.15) is 12.2 Å². The Morgan fingerprint density at radius 3 is 2.71 bits per heavy atom. The first-order valence-corrected chi connectivity index (χ1v) is 10.7. The molecule has 1 saturated carbocycles. The fourth-order valence-corrected chi connectivity index (χ4v) is 4.80. The minimum absolute atomic E-state index is 0.200. The zero-order valence-corrected chi connectivity index (χ0v) is 17.5. The highest BCUT2D eigenvalue weighted by Gasteiger charge is 2.41. The number of nitrogens with zero attached hydrogens (tertiary/aromatic N) is 1. The summed E-state index contributed by atoms with van der Waals surface area (Å²) in [4.78, 5) is 16.0. The van der Waals surface area contributed by atoms with E-state index in [2.05, 4.69) is 45.2 Å². The first kappa shape index (κ1) is 21.5. The second-order valence-electron chi connectivity index (χ2n) is 8.70. The van der Waals surface area contributed by atoms with E-state index in [1.54, 1.807) is 19.2 Å². The van der Waals surface area contributed by atoms with Crippen LogP contribution in [0, 0.1) is 12.8 Å². The van der Waals surface area contributed by atoms with Crippen LogP contribution in [0.1, 0.15) is 43.2 Å². The monoisotopic (exact) mass is 432 g/mol. The maximum Gasteiger partial charge on any atom is 0.397 e. The van der Waals surface area contributed by atoms with Gasteiger partial charge in [-0.05, 0) is 61.8 Å². The molecule has 1 aliphatic carbocycles. The van der Waals surface area contributed by atoms with E-state index in [-0.39, 0.29) is 5.41 Å². The molecule has 1 aromatic heterocycles. The number of hydrogen-bond donors (Lipinski definition) is 3. The lowest BCUT2D eigenvalue weighted by Gasteiger charge is -2.37. The molecule has 2 aromatic rings. The quantitative estimate of drug-likeness (QED) is 0.604. The van der Waals surface area contributed by atoms with Crippen LogP contribution in [0.3, 0.4) is 0 Å². The highest BCUT2D eigenvalue weighted by atomic mass is 19.4. The molecule has 1 amide bonds. The number of hydrogen-bond acceptors (Lipinski definition) is 4. The Morgan fingerprint density at radius 1 is 1.23 bits per heavy atom. The number of para-hydroxylation sites is 1. The molecule has 8 heteroatoms. The summed E-state index contributed by atoms with van der Waals surface area (Å²) < 4.78 is 37.6. The molecule has 1 spiro atoms. The molecular formula is C23H27F3N4O. The van der Waals surface area contributed by atoms with Crippen molar-refractivity contribution in [1.29, 1.82) is 0 Å². The van der Waals surface area contributed by atoms with Crippen LogP contribution in [0.15, 0.2) is 36.5 Å². The fourth-order valence-electron chi connectivity index (χ4n) is 4.80. The van der Waals surface area contributed by atoms with E-state index in [9.17, 15) is 18.0 Å². The summed E-state index contributed by atoms with van der Waals surface area (Å²) in [5.74, 6) is -0.221. The van der Waals surface area contributed by atoms with E-state index in [1.165, 1.54) is 11.3 Å². The van der Waals surface area contributed by atoms with Crippen molar-refractivity contribution >= 4 is 23.1 Å². The SMILES string of the molecule is Cc1ccnc(NCC2CCC3(CC2)CNc2ccccc23)c1NC(=O)CC(F)(F)F. The number of fused-ring (bicyclic) bond motifs is 2. The Labute approximate surface area is 179 Å². The second-order valence-corrected chi connectivity index (χ2v) is 8.70. The van der Waals surface area contributed by atoms with Crippen molar-refractivity contribution in [2.75, 3.05) is 29.0 Å². The summed E-state index contributed by atoms with van der Waals surface area (Å²) >= 11 is 0. The van der Waals surface area contributed by atoms with Crippen molar-refractivity contribution in [2.24, 2.45) is 5.92 Å². The van der Waals surface area contributed by atoms with Crippen molar-refractivity contribution in [3.05, 3.63) is 47.7 Å². The topological polar surface area (TPSA) is 66.1 Å². The van der Waals surface area contributed by atoms with Crippen molar-refractivity contribution < 1.29 is 18.0 Å². The number of nitrogens with one attached hydrogen (secondary N) is 3. The van der Waals surface area contributed by atoms with Gasteiger partial charge in [-0.1, -0.05) is 18.2 Å². The normalized spacial score (nSPS) is 22.6. The van der Waals surface area contributed by atoms with Crippen molar-refractivity contribution in [2.45, 2.75) is 50.6 Å². The number of amides is 1. The lowest BCUT2D eigenvalue weighted by atomic mass is 9.68. The van der Waals surface area contributed by atoms with Crippen LogP contribution < -0.4 is 16.0 Å². The molecular weight excluding hydrogens is 405 g/mol. The van der Waals surface area contributed by atoms with Gasteiger partial charge in [0.25, 0.3) is 0 Å². The van der Waals surface area contributed by atoms with Crippen molar-refractivity contribution in [3.63, 3.8) is 0 Å². The maximum absolute atomic E-state index is 12.5. The molecule has 4 rings (SSSR count). The molecule has 2 aliphatic rings. The second kappa shape index (κ2) is 8.40. The van der Waals surface area contributed by atoms with Gasteiger partial charge in [0, 0.05) is 30.4 Å². The molecule has 1 aromatic carbocycles. The fraction of sp³-hybridized carbons (Fsp3) is 0.478. The van der Waals surface area contributed by atoms with Crippen molar-refractivity contribution in [3.8, 4) is 0 Å². The molecule has 5 nitrogen and oxygen atoms in total. The molecule has 0 bridgehead atoms. The number of aromatic nitrogens is 1. The third-order valence-electron chi connectivity index (χ3n) is 6.52. The molecule has 2 heterocycles. The first-order chi connectivity index (χ1) is 14.8. The maximum atomic E-state index is 12.5. The van der Waals surface area contributed by atoms with Gasteiger partial charge in [-0.25, -0.2) is 4.98 Å². The van der Waals surface area contributed by atoms with Gasteiger partial charge >= 0.3 is 6.18 Å². The standard InChI is InChI=1S/C23H27F3N4O/c1-15-8-11-27-21(20(15)30-19(31)12-23(24,25)26)28-13-16-6-9-22(10-7-16)14-29-18-5-3-2-4-17(18)22/h2-5,8,11,16,29H,6-7,9-10,12-14H2,1H3,(H,27,28)(H,30,31). The van der Waals surface area contributed by atoms with Gasteiger partial charge in [0.15, 0.2) is 0 Å². The van der Waals surface area contributed by atoms with E-state index in [1.807, 2.05) is 0 Å². The Hall–Kier alpha value is -2.77. The van der Waals surface area contributed by atoms with Crippen LogP contribution in [0.25, 0.3) is 0 Å². The molecule has 3 N–H and O–H groups in total. The van der Waals surface area contributed by atoms with Crippen LogP contribution in [-0.4, -0.2) is 30.2 Å². The molecule has 0 unspecified atom stereocenters. The van der Waals surface area contributed by atoms with Crippen LogP contribution >= 0.6 is 0 Å². The predicted molar refractivity (Wildman–Crippen MR) is 115 cm³/mol. The van der Waals surface area contributed by atoms with E-state index in [0.717, 1.165) is 32.2 Å². The van der Waals surface area contributed by atoms with Gasteiger partial charge in [-0.3, -0.25) is 4.79 Å². The highest BCUT2D eigenvalue weighted by molar-refractivity contribution is 5.94. The number of rotatable bonds is 5. The third kappa shape index (κ3) is 4.78. The first-order valence-electron chi connectivity index (χ1n) is 10.7. The number of anilines is 3. The molecule has 0 saturated heterocycles. The number of carbonyl (C=O) groups excluding carboxylic acids is 1. The average Bonchev–Trinajstić information content (AvgIpc) is 3.07. The Kier molecular flexibility index (Phi) is 5.81. The van der Waals surface area contributed by atoms with Gasteiger partial charge in [-0.2, -0.15) is 13.2 Å². The summed E-state index contributed by atoms with van der Waals surface area (Å²) in [5, 5.41) is 9.18. The molecule has 0 radical (unpaired) electrons. The Bertz CT molecular complexity index is 952. The number of carbonyl (C=O) groups is 1. The lowest BCUT2D eigenvalue weighted by molar-refractivity contribution is -0.150. The zero-order valence-electron chi connectivity index (χ0n) is 17.5. The van der Waals surface area contributed by atoms with E-state index in [4.69, 9.17) is 0 Å². The molecule has 166 valence electrons. The van der Waals surface area contributed by atoms with E-state index >= 15 is 0 Å². The largest absolute Gasteiger partial charge is 0.397 e. The number of pyridine rings is 1. The molecule has 0 atom stereocenters. The predicted octanol–water partition coefficient (Wildman–Crippen LogP) is 5.25. The summed E-state index contributed by atoms with van der Waals surface area (Å²) in [6.07, 6.45) is -0.149. The number of aryl methyl sites for hydroxylation is 1. The smallest absolute Gasteiger partial charge is 0.384 e. The average molecular weight is 432 g/mol. The van der Waals surface area contributed by atoms with Gasteiger partial charge in [-0.15, -0.1) is 0 Å². The van der Waals surface area contributed by atoms with Crippen molar-refractivity contribution in [1.82, 2.24) is 4.98 Å². The van der Waals surface area contributed by atoms with Crippen LogP contribution in [0.4, 0.5) is 30.4 Å².